The number of unbranched alkanes of at least 4 members (excludes halogenated alkanes) is 6. The zero-order chi connectivity index (χ0) is 13.1. The third-order valence-electron chi connectivity index (χ3n) is 3.23. The summed E-state index contributed by atoms with van der Waals surface area (Å²) in [6.07, 6.45) is 6.80. The second-order valence-corrected chi connectivity index (χ2v) is 4.89. The van der Waals surface area contributed by atoms with Crippen LogP contribution < -0.4 is 0 Å². The molecule has 0 bridgehead atoms. The van der Waals surface area contributed by atoms with E-state index >= 15 is 0 Å². The largest absolute Gasteiger partial charge is 0.238 e. The molecular formula is C16H24F2. The van der Waals surface area contributed by atoms with Crippen LogP contribution in [0.4, 0.5) is 8.78 Å². The maximum atomic E-state index is 11.9. The first kappa shape index (κ1) is 15.1. The van der Waals surface area contributed by atoms with Gasteiger partial charge >= 0.3 is 0 Å². The van der Waals surface area contributed by atoms with Crippen molar-refractivity contribution in [3.05, 3.63) is 35.9 Å². The number of rotatable bonds is 10. The van der Waals surface area contributed by atoms with Gasteiger partial charge in [-0.25, -0.2) is 8.78 Å². The average molecular weight is 254 g/mol. The fourth-order valence-electron chi connectivity index (χ4n) is 2.16. The first-order valence-electron chi connectivity index (χ1n) is 7.11. The van der Waals surface area contributed by atoms with Crippen molar-refractivity contribution in [3.8, 4) is 0 Å². The van der Waals surface area contributed by atoms with Gasteiger partial charge in [-0.2, -0.15) is 0 Å². The van der Waals surface area contributed by atoms with Crippen LogP contribution in [0.5, 0.6) is 0 Å². The minimum atomic E-state index is -2.11. The van der Waals surface area contributed by atoms with Gasteiger partial charge in [-0.1, -0.05) is 62.4 Å². The summed E-state index contributed by atoms with van der Waals surface area (Å²) < 4.78 is 23.7. The Morgan fingerprint density at radius 3 is 1.89 bits per heavy atom. The average Bonchev–Trinajstić information content (AvgIpc) is 2.37. The maximum Gasteiger partial charge on any atom is 0.238 e. The fraction of sp³-hybridized carbons (Fsp3) is 0.625. The molecule has 0 aromatic heterocycles. The van der Waals surface area contributed by atoms with Crippen molar-refractivity contribution < 1.29 is 8.78 Å². The molecule has 0 fully saturated rings. The molecule has 1 aromatic rings. The Kier molecular flexibility index (Phi) is 8.45. The first-order chi connectivity index (χ1) is 8.79. The molecule has 0 aliphatic heterocycles. The molecule has 0 aliphatic rings. The monoisotopic (exact) mass is 254 g/mol. The third-order valence-corrected chi connectivity index (χ3v) is 3.23. The van der Waals surface area contributed by atoms with Crippen LogP contribution in [0, 0.1) is 0 Å². The lowest BCUT2D eigenvalue weighted by atomic mass is 10.0. The lowest BCUT2D eigenvalue weighted by molar-refractivity contribution is 0.133. The number of benzene rings is 1. The van der Waals surface area contributed by atoms with E-state index in [0.717, 1.165) is 19.3 Å². The van der Waals surface area contributed by atoms with Crippen LogP contribution in [-0.2, 0) is 6.42 Å². The molecule has 0 atom stereocenters. The highest BCUT2D eigenvalue weighted by Crippen LogP contribution is 2.12. The minimum Gasteiger partial charge on any atom is -0.211 e. The molecule has 0 unspecified atom stereocenters. The van der Waals surface area contributed by atoms with Gasteiger partial charge in [-0.05, 0) is 24.8 Å². The quantitative estimate of drug-likeness (QED) is 0.476. The summed E-state index contributed by atoms with van der Waals surface area (Å²) in [5.74, 6) is 0. The molecule has 1 rings (SSSR count). The summed E-state index contributed by atoms with van der Waals surface area (Å²) in [5, 5.41) is 0. The van der Waals surface area contributed by atoms with Crippen molar-refractivity contribution in [3.63, 3.8) is 0 Å². The lowest BCUT2D eigenvalue weighted by Crippen LogP contribution is -1.90. The van der Waals surface area contributed by atoms with Gasteiger partial charge in [0.1, 0.15) is 0 Å². The highest BCUT2D eigenvalue weighted by Gasteiger charge is 2.00. The van der Waals surface area contributed by atoms with E-state index in [1.807, 2.05) is 6.07 Å². The summed E-state index contributed by atoms with van der Waals surface area (Å²) in [4.78, 5) is 0. The Balaban J connectivity index is 1.84. The van der Waals surface area contributed by atoms with Crippen molar-refractivity contribution in [1.82, 2.24) is 0 Å². The van der Waals surface area contributed by atoms with Gasteiger partial charge in [-0.15, -0.1) is 0 Å². The van der Waals surface area contributed by atoms with Crippen LogP contribution in [0.25, 0.3) is 0 Å². The van der Waals surface area contributed by atoms with E-state index in [0.29, 0.717) is 6.42 Å². The van der Waals surface area contributed by atoms with Gasteiger partial charge < -0.3 is 0 Å². The van der Waals surface area contributed by atoms with E-state index in [1.54, 1.807) is 0 Å². The summed E-state index contributed by atoms with van der Waals surface area (Å²) in [6.45, 7) is 0. The fourth-order valence-corrected chi connectivity index (χ4v) is 2.16. The Morgan fingerprint density at radius 1 is 0.722 bits per heavy atom. The van der Waals surface area contributed by atoms with Crippen LogP contribution >= 0.6 is 0 Å². The number of halogens is 2. The van der Waals surface area contributed by atoms with Gasteiger partial charge in [0.25, 0.3) is 0 Å². The molecular weight excluding hydrogens is 230 g/mol. The molecule has 0 amide bonds. The molecule has 0 nitrogen and oxygen atoms in total. The topological polar surface area (TPSA) is 0 Å². The highest BCUT2D eigenvalue weighted by atomic mass is 19.3. The summed E-state index contributed by atoms with van der Waals surface area (Å²) in [5.41, 5.74) is 1.41. The van der Waals surface area contributed by atoms with Gasteiger partial charge in [-0.3, -0.25) is 0 Å². The SMILES string of the molecule is FC(F)CCCCCCCCCc1ccccc1. The molecule has 0 radical (unpaired) electrons. The number of hydrogen-bond acceptors (Lipinski definition) is 0. The van der Waals surface area contributed by atoms with E-state index in [4.69, 9.17) is 0 Å². The highest BCUT2D eigenvalue weighted by molar-refractivity contribution is 5.14. The Morgan fingerprint density at radius 2 is 1.28 bits per heavy atom. The molecule has 18 heavy (non-hydrogen) atoms. The standard InChI is InChI=1S/C16H24F2/c17-16(18)14-10-5-3-1-2-4-7-11-15-12-8-6-9-13-15/h6,8-9,12-13,16H,1-5,7,10-11,14H2. The zero-order valence-electron chi connectivity index (χ0n) is 11.1. The van der Waals surface area contributed by atoms with Crippen molar-refractivity contribution in [2.45, 2.75) is 64.2 Å². The van der Waals surface area contributed by atoms with Crippen LogP contribution in [0.15, 0.2) is 30.3 Å². The zero-order valence-corrected chi connectivity index (χ0v) is 11.1. The number of hydrogen-bond donors (Lipinski definition) is 0. The smallest absolute Gasteiger partial charge is 0.211 e. The third kappa shape index (κ3) is 8.21. The van der Waals surface area contributed by atoms with Crippen LogP contribution in [0.1, 0.15) is 56.9 Å². The molecule has 2 heteroatoms. The van der Waals surface area contributed by atoms with Gasteiger partial charge in [0, 0.05) is 6.42 Å². The molecule has 0 heterocycles. The number of aryl methyl sites for hydroxylation is 1. The Labute approximate surface area is 109 Å². The predicted molar refractivity (Wildman–Crippen MR) is 73.1 cm³/mol. The van der Waals surface area contributed by atoms with Crippen LogP contribution in [0.2, 0.25) is 0 Å². The van der Waals surface area contributed by atoms with Gasteiger partial charge in [0.05, 0.1) is 0 Å². The normalized spacial score (nSPS) is 11.1. The van der Waals surface area contributed by atoms with E-state index in [-0.39, 0.29) is 6.42 Å². The molecule has 0 N–H and O–H groups in total. The molecule has 1 aromatic carbocycles. The van der Waals surface area contributed by atoms with Crippen LogP contribution in [-0.4, -0.2) is 6.43 Å². The molecule has 0 saturated carbocycles. The molecule has 0 saturated heterocycles. The van der Waals surface area contributed by atoms with Gasteiger partial charge in [0.2, 0.25) is 6.43 Å². The van der Waals surface area contributed by atoms with E-state index in [1.165, 1.54) is 31.2 Å². The van der Waals surface area contributed by atoms with Gasteiger partial charge in [0.15, 0.2) is 0 Å². The summed E-state index contributed by atoms with van der Waals surface area (Å²) in [6, 6.07) is 10.5. The second kappa shape index (κ2) is 10.0. The first-order valence-corrected chi connectivity index (χ1v) is 7.11. The minimum absolute atomic E-state index is 0.0774. The Bertz CT molecular complexity index is 282. The van der Waals surface area contributed by atoms with E-state index < -0.39 is 6.43 Å². The van der Waals surface area contributed by atoms with Crippen molar-refractivity contribution in [1.29, 1.82) is 0 Å². The predicted octanol–water partition coefficient (Wildman–Crippen LogP) is 5.62. The molecule has 102 valence electrons. The molecule has 0 aliphatic carbocycles. The van der Waals surface area contributed by atoms with Crippen molar-refractivity contribution in [2.24, 2.45) is 0 Å². The Hall–Kier alpha value is -0.920. The van der Waals surface area contributed by atoms with Crippen LogP contribution in [0.3, 0.4) is 0 Å². The van der Waals surface area contributed by atoms with E-state index in [9.17, 15) is 8.78 Å². The van der Waals surface area contributed by atoms with E-state index in [2.05, 4.69) is 24.3 Å². The molecule has 0 spiro atoms. The lowest BCUT2D eigenvalue weighted by Gasteiger charge is -2.03. The second-order valence-electron chi connectivity index (χ2n) is 4.89. The van der Waals surface area contributed by atoms with Crippen molar-refractivity contribution >= 4 is 0 Å². The summed E-state index contributed by atoms with van der Waals surface area (Å²) >= 11 is 0. The maximum absolute atomic E-state index is 11.9. The summed E-state index contributed by atoms with van der Waals surface area (Å²) in [7, 11) is 0. The van der Waals surface area contributed by atoms with Crippen molar-refractivity contribution in [2.75, 3.05) is 0 Å². The number of alkyl halides is 2.